The first-order valence-corrected chi connectivity index (χ1v) is 5.15. The number of ketones is 1. The molecule has 0 radical (unpaired) electrons. The molecule has 15 heavy (non-hydrogen) atoms. The Balaban J connectivity index is 2.58. The molecule has 0 spiro atoms. The lowest BCUT2D eigenvalue weighted by Gasteiger charge is -2.04. The van der Waals surface area contributed by atoms with Gasteiger partial charge in [0, 0.05) is 18.6 Å². The van der Waals surface area contributed by atoms with Gasteiger partial charge in [-0.3, -0.25) is 4.79 Å². The molecule has 1 aromatic carbocycles. The van der Waals surface area contributed by atoms with Crippen LogP contribution in [0.3, 0.4) is 0 Å². The maximum atomic E-state index is 11.5. The third-order valence-corrected chi connectivity index (χ3v) is 2.05. The number of benzene rings is 1. The summed E-state index contributed by atoms with van der Waals surface area (Å²) in [5.74, 6) is 0.836. The molecule has 0 aliphatic rings. The first kappa shape index (κ1) is 11.7. The summed E-state index contributed by atoms with van der Waals surface area (Å²) in [6.45, 7) is 2.60. The molecule has 1 N–H and O–H groups in total. The number of rotatable bonds is 6. The van der Waals surface area contributed by atoms with E-state index in [1.807, 2.05) is 6.92 Å². The summed E-state index contributed by atoms with van der Waals surface area (Å²) in [7, 11) is 0. The molecule has 82 valence electrons. The first-order valence-electron chi connectivity index (χ1n) is 5.15. The fourth-order valence-electron chi connectivity index (χ4n) is 1.29. The summed E-state index contributed by atoms with van der Waals surface area (Å²) < 4.78 is 5.27. The van der Waals surface area contributed by atoms with Gasteiger partial charge in [-0.05, 0) is 37.6 Å². The van der Waals surface area contributed by atoms with E-state index in [1.165, 1.54) is 0 Å². The molecule has 0 aliphatic carbocycles. The predicted molar refractivity (Wildman–Crippen MR) is 58.3 cm³/mol. The van der Waals surface area contributed by atoms with Crippen molar-refractivity contribution in [3.63, 3.8) is 0 Å². The summed E-state index contributed by atoms with van der Waals surface area (Å²) in [5.41, 5.74) is 0.673. The second kappa shape index (κ2) is 6.19. The number of Topliss-reactive ketones (excluding diaryl/α,β-unsaturated/α-hetero) is 1. The van der Waals surface area contributed by atoms with Crippen molar-refractivity contribution < 1.29 is 14.6 Å². The van der Waals surface area contributed by atoms with Gasteiger partial charge in [0.05, 0.1) is 6.61 Å². The van der Waals surface area contributed by atoms with Crippen molar-refractivity contribution in [3.8, 4) is 5.75 Å². The van der Waals surface area contributed by atoms with Crippen LogP contribution in [0.25, 0.3) is 0 Å². The summed E-state index contributed by atoms with van der Waals surface area (Å²) in [4.78, 5) is 11.5. The third kappa shape index (κ3) is 3.72. The summed E-state index contributed by atoms with van der Waals surface area (Å²) in [6, 6.07) is 7.08. The Hall–Kier alpha value is -1.35. The van der Waals surface area contributed by atoms with Gasteiger partial charge in [0.15, 0.2) is 5.78 Å². The van der Waals surface area contributed by atoms with Crippen LogP contribution in [0.4, 0.5) is 0 Å². The van der Waals surface area contributed by atoms with Gasteiger partial charge in [0.25, 0.3) is 0 Å². The molecule has 0 amide bonds. The Morgan fingerprint density at radius 1 is 1.33 bits per heavy atom. The minimum atomic E-state index is 0.0583. The van der Waals surface area contributed by atoms with Gasteiger partial charge >= 0.3 is 0 Å². The highest BCUT2D eigenvalue weighted by molar-refractivity contribution is 5.96. The van der Waals surface area contributed by atoms with E-state index < -0.39 is 0 Å². The van der Waals surface area contributed by atoms with Crippen molar-refractivity contribution >= 4 is 5.78 Å². The van der Waals surface area contributed by atoms with Gasteiger partial charge in [-0.15, -0.1) is 0 Å². The van der Waals surface area contributed by atoms with Crippen molar-refractivity contribution in [2.45, 2.75) is 19.8 Å². The van der Waals surface area contributed by atoms with Crippen LogP contribution in [-0.4, -0.2) is 24.1 Å². The van der Waals surface area contributed by atoms with Crippen molar-refractivity contribution in [2.24, 2.45) is 0 Å². The zero-order chi connectivity index (χ0) is 11.1. The first-order chi connectivity index (χ1) is 7.27. The van der Waals surface area contributed by atoms with Crippen molar-refractivity contribution in [1.29, 1.82) is 0 Å². The van der Waals surface area contributed by atoms with Crippen LogP contribution in [0.2, 0.25) is 0 Å². The lowest BCUT2D eigenvalue weighted by Crippen LogP contribution is -2.00. The van der Waals surface area contributed by atoms with Gasteiger partial charge < -0.3 is 9.84 Å². The fraction of sp³-hybridized carbons (Fsp3) is 0.417. The van der Waals surface area contributed by atoms with Gasteiger partial charge in [0.2, 0.25) is 0 Å². The molecule has 0 bridgehead atoms. The SMILES string of the molecule is CCOc1ccc(C(=O)CCCO)cc1. The highest BCUT2D eigenvalue weighted by atomic mass is 16.5. The van der Waals surface area contributed by atoms with Crippen LogP contribution in [0, 0.1) is 0 Å². The second-order valence-corrected chi connectivity index (χ2v) is 3.21. The van der Waals surface area contributed by atoms with E-state index in [9.17, 15) is 4.79 Å². The number of carbonyl (C=O) groups is 1. The molecule has 3 heteroatoms. The van der Waals surface area contributed by atoms with Crippen LogP contribution in [0.5, 0.6) is 5.75 Å². The van der Waals surface area contributed by atoms with Crippen LogP contribution >= 0.6 is 0 Å². The molecule has 0 fully saturated rings. The number of aliphatic hydroxyl groups excluding tert-OH is 1. The van der Waals surface area contributed by atoms with Gasteiger partial charge in [-0.25, -0.2) is 0 Å². The van der Waals surface area contributed by atoms with E-state index in [-0.39, 0.29) is 12.4 Å². The van der Waals surface area contributed by atoms with E-state index in [2.05, 4.69) is 0 Å². The van der Waals surface area contributed by atoms with Crippen LogP contribution in [-0.2, 0) is 0 Å². The zero-order valence-electron chi connectivity index (χ0n) is 8.90. The number of carbonyl (C=O) groups excluding carboxylic acids is 1. The quantitative estimate of drug-likeness (QED) is 0.728. The minimum Gasteiger partial charge on any atom is -0.494 e. The Labute approximate surface area is 89.7 Å². The number of aliphatic hydroxyl groups is 1. The molecule has 3 nitrogen and oxygen atoms in total. The molecule has 1 aromatic rings. The highest BCUT2D eigenvalue weighted by Crippen LogP contribution is 2.13. The molecule has 0 saturated heterocycles. The second-order valence-electron chi connectivity index (χ2n) is 3.21. The Bertz CT molecular complexity index is 303. The van der Waals surface area contributed by atoms with Crippen molar-refractivity contribution in [2.75, 3.05) is 13.2 Å². The molecule has 1 rings (SSSR count). The van der Waals surface area contributed by atoms with E-state index in [0.717, 1.165) is 5.75 Å². The Morgan fingerprint density at radius 3 is 2.53 bits per heavy atom. The van der Waals surface area contributed by atoms with Gasteiger partial charge in [-0.2, -0.15) is 0 Å². The molecular weight excluding hydrogens is 192 g/mol. The molecule has 0 aromatic heterocycles. The van der Waals surface area contributed by atoms with Crippen LogP contribution in [0.15, 0.2) is 24.3 Å². The van der Waals surface area contributed by atoms with E-state index >= 15 is 0 Å². The van der Waals surface area contributed by atoms with E-state index in [4.69, 9.17) is 9.84 Å². The average molecular weight is 208 g/mol. The van der Waals surface area contributed by atoms with Gasteiger partial charge in [0.1, 0.15) is 5.75 Å². The lowest BCUT2D eigenvalue weighted by atomic mass is 10.1. The molecule has 0 unspecified atom stereocenters. The van der Waals surface area contributed by atoms with Crippen molar-refractivity contribution in [3.05, 3.63) is 29.8 Å². The normalized spacial score (nSPS) is 10.0. The molecule has 0 heterocycles. The largest absolute Gasteiger partial charge is 0.494 e. The highest BCUT2D eigenvalue weighted by Gasteiger charge is 2.04. The maximum absolute atomic E-state index is 11.5. The number of ether oxygens (including phenoxy) is 1. The maximum Gasteiger partial charge on any atom is 0.162 e. The summed E-state index contributed by atoms with van der Waals surface area (Å²) in [6.07, 6.45) is 0.913. The standard InChI is InChI=1S/C12H16O3/c1-2-15-11-7-5-10(6-8-11)12(14)4-3-9-13/h5-8,13H,2-4,9H2,1H3. The number of hydrogen-bond donors (Lipinski definition) is 1. The molecule has 0 atom stereocenters. The summed E-state index contributed by atoms with van der Waals surface area (Å²) in [5, 5.41) is 8.60. The molecular formula is C12H16O3. The topological polar surface area (TPSA) is 46.5 Å². The van der Waals surface area contributed by atoms with Crippen molar-refractivity contribution in [1.82, 2.24) is 0 Å². The van der Waals surface area contributed by atoms with Gasteiger partial charge in [-0.1, -0.05) is 0 Å². The molecule has 0 saturated carbocycles. The third-order valence-electron chi connectivity index (χ3n) is 2.05. The van der Waals surface area contributed by atoms with Crippen LogP contribution < -0.4 is 4.74 Å². The zero-order valence-corrected chi connectivity index (χ0v) is 8.90. The Kier molecular flexibility index (Phi) is 4.84. The lowest BCUT2D eigenvalue weighted by molar-refractivity contribution is 0.0971. The fourth-order valence-corrected chi connectivity index (χ4v) is 1.29. The number of hydrogen-bond acceptors (Lipinski definition) is 3. The Morgan fingerprint density at radius 2 is 2.00 bits per heavy atom. The summed E-state index contributed by atoms with van der Waals surface area (Å²) >= 11 is 0. The molecule has 0 aliphatic heterocycles. The van der Waals surface area contributed by atoms with E-state index in [1.54, 1.807) is 24.3 Å². The van der Waals surface area contributed by atoms with Crippen LogP contribution in [0.1, 0.15) is 30.1 Å². The average Bonchev–Trinajstić information content (AvgIpc) is 2.27. The monoisotopic (exact) mass is 208 g/mol. The predicted octanol–water partition coefficient (Wildman–Crippen LogP) is 2.04. The van der Waals surface area contributed by atoms with E-state index in [0.29, 0.717) is 25.0 Å². The smallest absolute Gasteiger partial charge is 0.162 e. The minimum absolute atomic E-state index is 0.0583.